The van der Waals surface area contributed by atoms with Crippen molar-refractivity contribution in [2.75, 3.05) is 0 Å². The van der Waals surface area contributed by atoms with Crippen molar-refractivity contribution in [1.82, 2.24) is 0 Å². The van der Waals surface area contributed by atoms with Crippen LogP contribution in [0.25, 0.3) is 22.3 Å². The van der Waals surface area contributed by atoms with Crippen LogP contribution in [0.5, 0.6) is 23.0 Å². The second-order valence-electron chi connectivity index (χ2n) is 9.79. The third-order valence-electron chi connectivity index (χ3n) is 5.79. The Hall–Kier alpha value is -5.64. The maximum absolute atomic E-state index is 15.5. The van der Waals surface area contributed by atoms with Gasteiger partial charge in [0.1, 0.15) is 17.2 Å². The highest BCUT2D eigenvalue weighted by Gasteiger charge is 2.26. The number of benzene rings is 3. The third-order valence-corrected chi connectivity index (χ3v) is 5.79. The van der Waals surface area contributed by atoms with Crippen LogP contribution in [-0.4, -0.2) is 23.9 Å². The van der Waals surface area contributed by atoms with Gasteiger partial charge in [0, 0.05) is 40.0 Å². The monoisotopic (exact) mass is 602 g/mol. The quantitative estimate of drug-likeness (QED) is 0.136. The van der Waals surface area contributed by atoms with Gasteiger partial charge in [-0.15, -0.1) is 0 Å². The van der Waals surface area contributed by atoms with Crippen LogP contribution in [0.3, 0.4) is 0 Å². The van der Waals surface area contributed by atoms with Gasteiger partial charge in [0.15, 0.2) is 11.6 Å². The van der Waals surface area contributed by atoms with E-state index in [0.29, 0.717) is 11.1 Å². The summed E-state index contributed by atoms with van der Waals surface area (Å²) in [5, 5.41) is 0. The fourth-order valence-electron chi connectivity index (χ4n) is 3.47. The summed E-state index contributed by atoms with van der Waals surface area (Å²) in [7, 11) is 0. The first kappa shape index (κ1) is 32.9. The van der Waals surface area contributed by atoms with Crippen LogP contribution in [0.2, 0.25) is 0 Å². The van der Waals surface area contributed by atoms with E-state index >= 15 is 8.78 Å². The number of carbonyl (C=O) groups excluding carboxylic acids is 4. The Balaban J connectivity index is 2.13. The van der Waals surface area contributed by atoms with Crippen LogP contribution in [0.15, 0.2) is 97.1 Å². The first-order valence-electron chi connectivity index (χ1n) is 12.9. The molecule has 8 nitrogen and oxygen atoms in total. The molecule has 226 valence electrons. The lowest BCUT2D eigenvalue weighted by molar-refractivity contribution is -0.131. The number of halogens is 2. The van der Waals surface area contributed by atoms with Gasteiger partial charge in [0.2, 0.25) is 5.82 Å². The minimum absolute atomic E-state index is 0.0225. The molecule has 0 aliphatic heterocycles. The number of hydrogen-bond acceptors (Lipinski definition) is 8. The molecule has 0 N–H and O–H groups in total. The molecule has 0 aromatic heterocycles. The van der Waals surface area contributed by atoms with E-state index in [1.165, 1.54) is 70.2 Å². The minimum atomic E-state index is -1.50. The first-order valence-corrected chi connectivity index (χ1v) is 12.9. The predicted molar refractivity (Wildman–Crippen MR) is 159 cm³/mol. The molecule has 0 aliphatic carbocycles. The van der Waals surface area contributed by atoms with Gasteiger partial charge in [0.05, 0.1) is 5.56 Å². The van der Waals surface area contributed by atoms with Crippen molar-refractivity contribution in [3.63, 3.8) is 0 Å². The summed E-state index contributed by atoms with van der Waals surface area (Å²) in [6, 6.07) is 11.1. The molecule has 0 bridgehead atoms. The topological polar surface area (TPSA) is 105 Å². The molecule has 3 rings (SSSR count). The van der Waals surface area contributed by atoms with E-state index < -0.39 is 52.6 Å². The molecular formula is C34H28F2O8. The maximum atomic E-state index is 15.5. The summed E-state index contributed by atoms with van der Waals surface area (Å²) in [5.74, 6) is -7.45. The van der Waals surface area contributed by atoms with Gasteiger partial charge in [-0.05, 0) is 51.0 Å². The van der Waals surface area contributed by atoms with Crippen molar-refractivity contribution in [2.45, 2.75) is 27.7 Å². The minimum Gasteiger partial charge on any atom is -0.423 e. The van der Waals surface area contributed by atoms with Crippen LogP contribution in [-0.2, 0) is 19.2 Å². The van der Waals surface area contributed by atoms with Crippen molar-refractivity contribution in [1.29, 1.82) is 0 Å². The highest BCUT2D eigenvalue weighted by Crippen LogP contribution is 2.41. The summed E-state index contributed by atoms with van der Waals surface area (Å²) >= 11 is 0. The Morgan fingerprint density at radius 1 is 0.523 bits per heavy atom. The Labute approximate surface area is 252 Å². The van der Waals surface area contributed by atoms with Crippen LogP contribution in [0, 0.1) is 11.6 Å². The lowest BCUT2D eigenvalue weighted by Crippen LogP contribution is -2.13. The second kappa shape index (κ2) is 13.6. The van der Waals surface area contributed by atoms with Gasteiger partial charge in [-0.25, -0.2) is 23.6 Å². The molecule has 3 aromatic rings. The molecule has 0 unspecified atom stereocenters. The molecule has 3 aromatic carbocycles. The van der Waals surface area contributed by atoms with Crippen molar-refractivity contribution in [3.05, 3.63) is 109 Å². The smallest absolute Gasteiger partial charge is 0.338 e. The average molecular weight is 603 g/mol. The van der Waals surface area contributed by atoms with Crippen molar-refractivity contribution in [3.8, 4) is 45.3 Å². The molecule has 10 heteroatoms. The molecule has 0 heterocycles. The first-order chi connectivity index (χ1) is 20.6. The fraction of sp³-hybridized carbons (Fsp3) is 0.118. The van der Waals surface area contributed by atoms with E-state index in [1.807, 2.05) is 0 Å². The maximum Gasteiger partial charge on any atom is 0.338 e. The average Bonchev–Trinajstić information content (AvgIpc) is 2.96. The number of carbonyl (C=O) groups is 4. The molecule has 0 saturated heterocycles. The number of ether oxygens (including phenoxy) is 4. The zero-order chi connectivity index (χ0) is 32.9. The molecule has 0 fully saturated rings. The Bertz CT molecular complexity index is 1750. The molecule has 0 saturated carbocycles. The predicted octanol–water partition coefficient (Wildman–Crippen LogP) is 7.22. The molecule has 0 radical (unpaired) electrons. The standard InChI is InChI=1S/C34H28F2O8/c1-17(2)31(37)41-23-13-14-24(25(15-23)42-32(38)18(3)4)21-9-11-22(12-10-21)28-26(43-33(39)19(5)6)16-27(29(35)30(28)36)44-34(40)20(7)8/h9-16H,1,3,5,7H2,2,4,6,8H3. The largest absolute Gasteiger partial charge is 0.423 e. The van der Waals surface area contributed by atoms with E-state index in [2.05, 4.69) is 26.3 Å². The van der Waals surface area contributed by atoms with Gasteiger partial charge in [-0.2, -0.15) is 4.39 Å². The molecule has 0 amide bonds. The summed E-state index contributed by atoms with van der Waals surface area (Å²) < 4.78 is 51.5. The van der Waals surface area contributed by atoms with Crippen LogP contribution >= 0.6 is 0 Å². The molecule has 44 heavy (non-hydrogen) atoms. The SMILES string of the molecule is C=C(C)C(=O)Oc1ccc(-c2ccc(-c3c(OC(=O)C(=C)C)cc(OC(=O)C(=C)C)c(F)c3F)cc2)c(OC(=O)C(=C)C)c1. The number of hydrogen-bond donors (Lipinski definition) is 0. The Kier molecular flexibility index (Phi) is 10.1. The molecule has 0 atom stereocenters. The zero-order valence-corrected chi connectivity index (χ0v) is 24.5. The van der Waals surface area contributed by atoms with E-state index in [1.54, 1.807) is 0 Å². The highest BCUT2D eigenvalue weighted by molar-refractivity contribution is 5.93. The molecule has 0 aliphatic rings. The van der Waals surface area contributed by atoms with Gasteiger partial charge in [0.25, 0.3) is 0 Å². The second-order valence-corrected chi connectivity index (χ2v) is 9.79. The van der Waals surface area contributed by atoms with Crippen LogP contribution in [0.4, 0.5) is 8.78 Å². The van der Waals surface area contributed by atoms with Crippen molar-refractivity contribution in [2.24, 2.45) is 0 Å². The number of rotatable bonds is 10. The van der Waals surface area contributed by atoms with E-state index in [4.69, 9.17) is 18.9 Å². The van der Waals surface area contributed by atoms with Gasteiger partial charge >= 0.3 is 23.9 Å². The van der Waals surface area contributed by atoms with Crippen LogP contribution < -0.4 is 18.9 Å². The fourth-order valence-corrected chi connectivity index (χ4v) is 3.47. The molecule has 0 spiro atoms. The summed E-state index contributed by atoms with van der Waals surface area (Å²) in [6.45, 7) is 19.6. The Morgan fingerprint density at radius 3 is 1.45 bits per heavy atom. The summed E-state index contributed by atoms with van der Waals surface area (Å²) in [4.78, 5) is 48.7. The lowest BCUT2D eigenvalue weighted by Gasteiger charge is -2.16. The normalized spacial score (nSPS) is 10.3. The lowest BCUT2D eigenvalue weighted by atomic mass is 9.98. The van der Waals surface area contributed by atoms with Crippen molar-refractivity contribution < 1.29 is 46.9 Å². The zero-order valence-electron chi connectivity index (χ0n) is 24.5. The van der Waals surface area contributed by atoms with Crippen LogP contribution in [0.1, 0.15) is 27.7 Å². The summed E-state index contributed by atoms with van der Waals surface area (Å²) in [6.07, 6.45) is 0. The van der Waals surface area contributed by atoms with Crippen molar-refractivity contribution >= 4 is 23.9 Å². The third kappa shape index (κ3) is 7.60. The van der Waals surface area contributed by atoms with E-state index in [0.717, 1.165) is 6.07 Å². The molecular weight excluding hydrogens is 574 g/mol. The highest BCUT2D eigenvalue weighted by atomic mass is 19.2. The Morgan fingerprint density at radius 2 is 0.955 bits per heavy atom. The van der Waals surface area contributed by atoms with E-state index in [9.17, 15) is 19.2 Å². The van der Waals surface area contributed by atoms with Gasteiger partial charge in [-0.3, -0.25) is 0 Å². The van der Waals surface area contributed by atoms with Gasteiger partial charge < -0.3 is 18.9 Å². The summed E-state index contributed by atoms with van der Waals surface area (Å²) in [5.41, 5.74) is 0.667. The van der Waals surface area contributed by atoms with Gasteiger partial charge in [-0.1, -0.05) is 50.6 Å². The number of esters is 4. The van der Waals surface area contributed by atoms with E-state index in [-0.39, 0.29) is 39.4 Å².